The number of benzene rings is 1. The van der Waals surface area contributed by atoms with Gasteiger partial charge in [-0.05, 0) is 18.5 Å². The number of carboxylic acid groups (broad SMARTS) is 1. The van der Waals surface area contributed by atoms with Gasteiger partial charge in [0.15, 0.2) is 0 Å². The second-order valence-corrected chi connectivity index (χ2v) is 5.73. The Morgan fingerprint density at radius 3 is 2.65 bits per heavy atom. The van der Waals surface area contributed by atoms with Gasteiger partial charge in [0, 0.05) is 13.1 Å². The van der Waals surface area contributed by atoms with Crippen LogP contribution in [0.3, 0.4) is 0 Å². The molecule has 6 nitrogen and oxygen atoms in total. The number of hydrogen-bond acceptors (Lipinski definition) is 4. The van der Waals surface area contributed by atoms with Gasteiger partial charge in [-0.3, -0.25) is 9.69 Å². The summed E-state index contributed by atoms with van der Waals surface area (Å²) in [4.78, 5) is 27.0. The molecule has 1 amide bonds. The van der Waals surface area contributed by atoms with Crippen LogP contribution in [-0.4, -0.2) is 59.2 Å². The zero-order valence-electron chi connectivity index (χ0n) is 13.5. The van der Waals surface area contributed by atoms with Gasteiger partial charge in [-0.1, -0.05) is 43.7 Å². The molecule has 1 aliphatic heterocycles. The Labute approximate surface area is 136 Å². The van der Waals surface area contributed by atoms with Crippen LogP contribution in [0.2, 0.25) is 0 Å². The third-order valence-corrected chi connectivity index (χ3v) is 4.04. The first kappa shape index (κ1) is 17.3. The topological polar surface area (TPSA) is 70.1 Å². The fourth-order valence-electron chi connectivity index (χ4n) is 2.66. The SMILES string of the molecule is CCCCN1CCN(C(=O)OCc2ccccc2)C[C@@H]1C(=O)O. The summed E-state index contributed by atoms with van der Waals surface area (Å²) in [7, 11) is 0. The summed E-state index contributed by atoms with van der Waals surface area (Å²) < 4.78 is 5.29. The van der Waals surface area contributed by atoms with E-state index in [1.54, 1.807) is 0 Å². The fourth-order valence-corrected chi connectivity index (χ4v) is 2.66. The number of carbonyl (C=O) groups excluding carboxylic acids is 1. The number of amides is 1. The number of ether oxygens (including phenoxy) is 1. The van der Waals surface area contributed by atoms with E-state index < -0.39 is 18.1 Å². The van der Waals surface area contributed by atoms with Gasteiger partial charge >= 0.3 is 12.1 Å². The van der Waals surface area contributed by atoms with E-state index in [1.165, 1.54) is 4.90 Å². The Hall–Kier alpha value is -2.08. The zero-order valence-corrected chi connectivity index (χ0v) is 13.5. The van der Waals surface area contributed by atoms with Crippen molar-refractivity contribution in [2.45, 2.75) is 32.4 Å². The van der Waals surface area contributed by atoms with Crippen molar-refractivity contribution in [1.29, 1.82) is 0 Å². The molecule has 6 heteroatoms. The Kier molecular flexibility index (Phi) is 6.40. The number of carboxylic acids is 1. The molecule has 1 heterocycles. The van der Waals surface area contributed by atoms with Crippen LogP contribution in [0.25, 0.3) is 0 Å². The highest BCUT2D eigenvalue weighted by molar-refractivity contribution is 5.76. The van der Waals surface area contributed by atoms with Gasteiger partial charge in [0.25, 0.3) is 0 Å². The number of nitrogens with zero attached hydrogens (tertiary/aromatic N) is 2. The molecule has 1 fully saturated rings. The van der Waals surface area contributed by atoms with Gasteiger partial charge in [0.05, 0.1) is 6.54 Å². The minimum atomic E-state index is -0.887. The predicted molar refractivity (Wildman–Crippen MR) is 86.1 cm³/mol. The lowest BCUT2D eigenvalue weighted by atomic mass is 10.1. The molecule has 0 aliphatic carbocycles. The van der Waals surface area contributed by atoms with Crippen LogP contribution >= 0.6 is 0 Å². The molecule has 23 heavy (non-hydrogen) atoms. The van der Waals surface area contributed by atoms with Crippen molar-refractivity contribution in [3.63, 3.8) is 0 Å². The van der Waals surface area contributed by atoms with Gasteiger partial charge in [0.2, 0.25) is 0 Å². The van der Waals surface area contributed by atoms with Crippen molar-refractivity contribution in [3.8, 4) is 0 Å². The van der Waals surface area contributed by atoms with Crippen LogP contribution in [0.15, 0.2) is 30.3 Å². The minimum Gasteiger partial charge on any atom is -0.480 e. The Morgan fingerprint density at radius 2 is 2.00 bits per heavy atom. The lowest BCUT2D eigenvalue weighted by molar-refractivity contribution is -0.145. The normalized spacial score (nSPS) is 18.7. The molecule has 0 unspecified atom stereocenters. The molecule has 0 aromatic heterocycles. The Bertz CT molecular complexity index is 521. The average Bonchev–Trinajstić information content (AvgIpc) is 2.58. The second kappa shape index (κ2) is 8.53. The molecular weight excluding hydrogens is 296 g/mol. The smallest absolute Gasteiger partial charge is 0.410 e. The van der Waals surface area contributed by atoms with E-state index in [9.17, 15) is 14.7 Å². The molecule has 1 aromatic carbocycles. The van der Waals surface area contributed by atoms with E-state index in [0.29, 0.717) is 13.1 Å². The van der Waals surface area contributed by atoms with Crippen molar-refractivity contribution in [2.24, 2.45) is 0 Å². The van der Waals surface area contributed by atoms with Crippen molar-refractivity contribution >= 4 is 12.1 Å². The first-order valence-electron chi connectivity index (χ1n) is 8.04. The van der Waals surface area contributed by atoms with Crippen molar-refractivity contribution < 1.29 is 19.4 Å². The summed E-state index contributed by atoms with van der Waals surface area (Å²) >= 11 is 0. The van der Waals surface area contributed by atoms with Crippen LogP contribution < -0.4 is 0 Å². The molecular formula is C17H24N2O4. The average molecular weight is 320 g/mol. The number of rotatable bonds is 6. The maximum atomic E-state index is 12.2. The Balaban J connectivity index is 1.88. The van der Waals surface area contributed by atoms with Crippen LogP contribution in [0.1, 0.15) is 25.3 Å². The molecule has 1 saturated heterocycles. The first-order chi connectivity index (χ1) is 11.1. The Morgan fingerprint density at radius 1 is 1.26 bits per heavy atom. The van der Waals surface area contributed by atoms with E-state index >= 15 is 0 Å². The van der Waals surface area contributed by atoms with E-state index in [4.69, 9.17) is 4.74 Å². The molecule has 0 radical (unpaired) electrons. The standard InChI is InChI=1S/C17H24N2O4/c1-2-3-9-18-10-11-19(12-15(18)16(20)21)17(22)23-13-14-7-5-4-6-8-14/h4-8,15H,2-3,9-13H2,1H3,(H,20,21)/t15-/m1/s1. The quantitative estimate of drug-likeness (QED) is 0.870. The van der Waals surface area contributed by atoms with Crippen LogP contribution in [0, 0.1) is 0 Å². The highest BCUT2D eigenvalue weighted by atomic mass is 16.6. The summed E-state index contributed by atoms with van der Waals surface area (Å²) in [5.41, 5.74) is 0.914. The predicted octanol–water partition coefficient (Wildman–Crippen LogP) is 2.19. The highest BCUT2D eigenvalue weighted by Crippen LogP contribution is 2.13. The third kappa shape index (κ3) is 4.96. The van der Waals surface area contributed by atoms with Gasteiger partial charge < -0.3 is 14.7 Å². The number of hydrogen-bond donors (Lipinski definition) is 1. The summed E-state index contributed by atoms with van der Waals surface area (Å²) in [5, 5.41) is 9.40. The lowest BCUT2D eigenvalue weighted by Crippen LogP contribution is -2.57. The summed E-state index contributed by atoms with van der Waals surface area (Å²) in [6.07, 6.45) is 1.53. The molecule has 1 N–H and O–H groups in total. The summed E-state index contributed by atoms with van der Waals surface area (Å²) in [5.74, 6) is -0.887. The molecule has 0 bridgehead atoms. The fraction of sp³-hybridized carbons (Fsp3) is 0.529. The second-order valence-electron chi connectivity index (χ2n) is 5.73. The molecule has 1 aromatic rings. The van der Waals surface area contributed by atoms with E-state index in [-0.39, 0.29) is 13.2 Å². The molecule has 1 atom stereocenters. The van der Waals surface area contributed by atoms with Gasteiger partial charge in [-0.25, -0.2) is 4.79 Å². The molecule has 0 saturated carbocycles. The zero-order chi connectivity index (χ0) is 16.7. The maximum absolute atomic E-state index is 12.2. The van der Waals surface area contributed by atoms with E-state index in [2.05, 4.69) is 6.92 Å². The van der Waals surface area contributed by atoms with Crippen molar-refractivity contribution in [3.05, 3.63) is 35.9 Å². The number of aliphatic carboxylic acids is 1. The molecule has 126 valence electrons. The number of piperazine rings is 1. The molecule has 1 aliphatic rings. The third-order valence-electron chi connectivity index (χ3n) is 4.04. The van der Waals surface area contributed by atoms with E-state index in [0.717, 1.165) is 24.9 Å². The largest absolute Gasteiger partial charge is 0.480 e. The highest BCUT2D eigenvalue weighted by Gasteiger charge is 2.34. The molecule has 0 spiro atoms. The van der Waals surface area contributed by atoms with Gasteiger partial charge in [-0.15, -0.1) is 0 Å². The molecule has 2 rings (SSSR count). The van der Waals surface area contributed by atoms with Crippen LogP contribution in [-0.2, 0) is 16.1 Å². The lowest BCUT2D eigenvalue weighted by Gasteiger charge is -2.38. The maximum Gasteiger partial charge on any atom is 0.410 e. The summed E-state index contributed by atoms with van der Waals surface area (Å²) in [6, 6.07) is 8.79. The van der Waals surface area contributed by atoms with Crippen LogP contribution in [0.4, 0.5) is 4.79 Å². The van der Waals surface area contributed by atoms with Crippen molar-refractivity contribution in [1.82, 2.24) is 9.80 Å². The monoisotopic (exact) mass is 320 g/mol. The van der Waals surface area contributed by atoms with Crippen LogP contribution in [0.5, 0.6) is 0 Å². The summed E-state index contributed by atoms with van der Waals surface area (Å²) in [6.45, 7) is 4.27. The van der Waals surface area contributed by atoms with Gasteiger partial charge in [-0.2, -0.15) is 0 Å². The van der Waals surface area contributed by atoms with Crippen molar-refractivity contribution in [2.75, 3.05) is 26.2 Å². The first-order valence-corrected chi connectivity index (χ1v) is 8.04. The van der Waals surface area contributed by atoms with Gasteiger partial charge in [0.1, 0.15) is 12.6 Å². The number of carbonyl (C=O) groups is 2. The number of unbranched alkanes of at least 4 members (excludes halogenated alkanes) is 1. The minimum absolute atomic E-state index is 0.173. The van der Waals surface area contributed by atoms with E-state index in [1.807, 2.05) is 35.2 Å².